The molecule has 0 unspecified atom stereocenters. The molecule has 0 spiro atoms. The molecule has 0 aliphatic rings. The predicted molar refractivity (Wildman–Crippen MR) is 115 cm³/mol. The van der Waals surface area contributed by atoms with Gasteiger partial charge >= 0.3 is 11.9 Å². The average Bonchev–Trinajstić information content (AvgIpc) is 2.76. The smallest absolute Gasteiger partial charge is 0.322 e. The Balaban J connectivity index is 2.56. The van der Waals surface area contributed by atoms with Crippen LogP contribution in [0.1, 0.15) is 23.2 Å². The highest BCUT2D eigenvalue weighted by Crippen LogP contribution is 2.13. The standard InChI is InChI=1S/C18H22N6O7S/c19-24-23-11-3-1-10(2-4-11)14(25)7-20-12(18(30)31)5-6-15(26)22-13(9-32)17(29)21-8-16(27)28/h1-4,12-13,20,32H,5-9H2,(H,21,29)(H,22,26)(H,27,28)(H,30,31)/t12-,13-/m0/s1. The van der Waals surface area contributed by atoms with E-state index in [0.717, 1.165) is 0 Å². The van der Waals surface area contributed by atoms with Crippen LogP contribution in [0, 0.1) is 0 Å². The van der Waals surface area contributed by atoms with Crippen molar-refractivity contribution < 1.29 is 34.2 Å². The number of nitrogens with one attached hydrogen (secondary N) is 3. The molecular weight excluding hydrogens is 444 g/mol. The van der Waals surface area contributed by atoms with Crippen LogP contribution in [0.3, 0.4) is 0 Å². The molecule has 13 nitrogen and oxygen atoms in total. The lowest BCUT2D eigenvalue weighted by Gasteiger charge is -2.17. The maximum atomic E-state index is 12.2. The molecule has 5 N–H and O–H groups in total. The number of carboxylic acid groups (broad SMARTS) is 2. The monoisotopic (exact) mass is 466 g/mol. The van der Waals surface area contributed by atoms with Gasteiger partial charge in [-0.15, -0.1) is 0 Å². The van der Waals surface area contributed by atoms with Crippen LogP contribution in [-0.4, -0.2) is 70.7 Å². The molecule has 0 aliphatic heterocycles. The van der Waals surface area contributed by atoms with Gasteiger partial charge < -0.3 is 20.8 Å². The molecule has 1 aromatic carbocycles. The molecule has 0 aliphatic carbocycles. The zero-order valence-electron chi connectivity index (χ0n) is 16.7. The summed E-state index contributed by atoms with van der Waals surface area (Å²) in [5, 5.41) is 28.3. The van der Waals surface area contributed by atoms with E-state index in [4.69, 9.17) is 10.6 Å². The zero-order valence-corrected chi connectivity index (χ0v) is 17.6. The number of ketones is 1. The number of carboxylic acids is 2. The van der Waals surface area contributed by atoms with Crippen molar-refractivity contribution in [3.05, 3.63) is 40.3 Å². The van der Waals surface area contributed by atoms with E-state index >= 15 is 0 Å². The third-order valence-electron chi connectivity index (χ3n) is 4.06. The maximum Gasteiger partial charge on any atom is 0.322 e. The Morgan fingerprint density at radius 3 is 2.25 bits per heavy atom. The summed E-state index contributed by atoms with van der Waals surface area (Å²) >= 11 is 3.93. The Labute approximate surface area is 187 Å². The molecule has 0 aromatic heterocycles. The number of azide groups is 1. The first-order valence-electron chi connectivity index (χ1n) is 9.22. The molecule has 0 heterocycles. The summed E-state index contributed by atoms with van der Waals surface area (Å²) < 4.78 is 0. The summed E-state index contributed by atoms with van der Waals surface area (Å²) in [6, 6.07) is 3.46. The Morgan fingerprint density at radius 2 is 1.72 bits per heavy atom. The van der Waals surface area contributed by atoms with Crippen LogP contribution in [0.2, 0.25) is 0 Å². The van der Waals surface area contributed by atoms with E-state index in [1.54, 1.807) is 0 Å². The Bertz CT molecular complexity index is 902. The third kappa shape index (κ3) is 9.47. The fourth-order valence-corrected chi connectivity index (χ4v) is 2.68. The second-order valence-electron chi connectivity index (χ2n) is 6.38. The SMILES string of the molecule is [N-]=[N+]=Nc1ccc(C(=O)CN[C@@H](CCC(=O)N[C@@H](CS)C(=O)NCC(=O)O)C(=O)O)cc1. The van der Waals surface area contributed by atoms with E-state index in [1.165, 1.54) is 24.3 Å². The number of nitrogens with zero attached hydrogens (tertiary/aromatic N) is 3. The predicted octanol–water partition coefficient (Wildman–Crippen LogP) is 0.250. The number of benzene rings is 1. The van der Waals surface area contributed by atoms with Gasteiger partial charge in [0, 0.05) is 28.3 Å². The molecule has 2 atom stereocenters. The highest BCUT2D eigenvalue weighted by Gasteiger charge is 2.23. The van der Waals surface area contributed by atoms with Crippen molar-refractivity contribution in [3.8, 4) is 0 Å². The van der Waals surface area contributed by atoms with Crippen LogP contribution in [0.15, 0.2) is 29.4 Å². The van der Waals surface area contributed by atoms with E-state index in [2.05, 4.69) is 38.6 Å². The number of thiol groups is 1. The lowest BCUT2D eigenvalue weighted by Crippen LogP contribution is -2.49. The molecule has 2 amide bonds. The average molecular weight is 466 g/mol. The molecule has 0 radical (unpaired) electrons. The Morgan fingerprint density at radius 1 is 1.06 bits per heavy atom. The van der Waals surface area contributed by atoms with Gasteiger partial charge in [0.15, 0.2) is 5.78 Å². The fourth-order valence-electron chi connectivity index (χ4n) is 2.42. The Kier molecular flexibility index (Phi) is 11.3. The van der Waals surface area contributed by atoms with Gasteiger partial charge in [-0.05, 0) is 12.0 Å². The first-order valence-corrected chi connectivity index (χ1v) is 9.85. The fraction of sp³-hybridized carbons (Fsp3) is 0.389. The van der Waals surface area contributed by atoms with Gasteiger partial charge in [0.2, 0.25) is 11.8 Å². The van der Waals surface area contributed by atoms with Crippen molar-refractivity contribution in [2.24, 2.45) is 5.11 Å². The van der Waals surface area contributed by atoms with Crippen LogP contribution < -0.4 is 16.0 Å². The quantitative estimate of drug-likeness (QED) is 0.0733. The molecule has 0 saturated heterocycles. The van der Waals surface area contributed by atoms with E-state index in [9.17, 15) is 29.1 Å². The molecule has 32 heavy (non-hydrogen) atoms. The van der Waals surface area contributed by atoms with Gasteiger partial charge in [-0.1, -0.05) is 29.4 Å². The minimum atomic E-state index is -1.27. The number of rotatable bonds is 14. The molecule has 1 aromatic rings. The van der Waals surface area contributed by atoms with Crippen molar-refractivity contribution in [2.45, 2.75) is 24.9 Å². The van der Waals surface area contributed by atoms with E-state index in [-0.39, 0.29) is 30.7 Å². The summed E-state index contributed by atoms with van der Waals surface area (Å²) in [7, 11) is 0. The van der Waals surface area contributed by atoms with Crippen molar-refractivity contribution in [3.63, 3.8) is 0 Å². The topological polar surface area (TPSA) is 211 Å². The molecule has 0 fully saturated rings. The maximum absolute atomic E-state index is 12.2. The summed E-state index contributed by atoms with van der Waals surface area (Å²) in [5.74, 6) is -4.39. The minimum Gasteiger partial charge on any atom is -0.480 e. The molecular formula is C18H22N6O7S. The van der Waals surface area contributed by atoms with Crippen LogP contribution >= 0.6 is 12.6 Å². The first-order chi connectivity index (χ1) is 15.2. The van der Waals surface area contributed by atoms with Crippen molar-refractivity contribution in [2.75, 3.05) is 18.8 Å². The van der Waals surface area contributed by atoms with Crippen molar-refractivity contribution in [1.82, 2.24) is 16.0 Å². The van der Waals surface area contributed by atoms with E-state index < -0.39 is 48.2 Å². The zero-order chi connectivity index (χ0) is 24.1. The van der Waals surface area contributed by atoms with Crippen LogP contribution in [0.4, 0.5) is 5.69 Å². The van der Waals surface area contributed by atoms with Crippen molar-refractivity contribution >= 4 is 47.9 Å². The summed E-state index contributed by atoms with van der Waals surface area (Å²) in [5.41, 5.74) is 8.97. The van der Waals surface area contributed by atoms with Gasteiger partial charge in [0.1, 0.15) is 18.6 Å². The number of aliphatic carboxylic acids is 2. The van der Waals surface area contributed by atoms with Gasteiger partial charge in [0.25, 0.3) is 0 Å². The number of hydrogen-bond acceptors (Lipinski definition) is 8. The number of hydrogen-bond donors (Lipinski definition) is 6. The van der Waals surface area contributed by atoms with E-state index in [1.807, 2.05) is 0 Å². The largest absolute Gasteiger partial charge is 0.480 e. The van der Waals surface area contributed by atoms with Gasteiger partial charge in [-0.25, -0.2) is 0 Å². The van der Waals surface area contributed by atoms with E-state index in [0.29, 0.717) is 5.69 Å². The number of Topliss-reactive ketones (excluding diaryl/α,β-unsaturated/α-hetero) is 1. The van der Waals surface area contributed by atoms with Crippen molar-refractivity contribution in [1.29, 1.82) is 0 Å². The highest BCUT2D eigenvalue weighted by molar-refractivity contribution is 7.80. The molecule has 172 valence electrons. The summed E-state index contributed by atoms with van der Waals surface area (Å²) in [6.07, 6.45) is -0.435. The first kappa shape index (κ1) is 26.4. The molecule has 14 heteroatoms. The van der Waals surface area contributed by atoms with Crippen LogP contribution in [-0.2, 0) is 19.2 Å². The lowest BCUT2D eigenvalue weighted by atomic mass is 10.1. The summed E-state index contributed by atoms with van der Waals surface area (Å²) in [4.78, 5) is 60.7. The molecule has 1 rings (SSSR count). The minimum absolute atomic E-state index is 0.0925. The van der Waals surface area contributed by atoms with Crippen LogP contribution in [0.5, 0.6) is 0 Å². The molecule has 0 bridgehead atoms. The van der Waals surface area contributed by atoms with Crippen LogP contribution in [0.25, 0.3) is 10.4 Å². The second-order valence-corrected chi connectivity index (χ2v) is 6.75. The Hall–Kier alpha value is -3.61. The second kappa shape index (κ2) is 13.6. The number of carbonyl (C=O) groups is 5. The number of carbonyl (C=O) groups excluding carboxylic acids is 3. The van der Waals surface area contributed by atoms with Gasteiger partial charge in [-0.3, -0.25) is 29.3 Å². The number of amides is 2. The molecule has 0 saturated carbocycles. The van der Waals surface area contributed by atoms with Gasteiger partial charge in [0.05, 0.1) is 6.54 Å². The highest BCUT2D eigenvalue weighted by atomic mass is 32.1. The third-order valence-corrected chi connectivity index (χ3v) is 4.43. The summed E-state index contributed by atoms with van der Waals surface area (Å²) in [6.45, 7) is -0.928. The lowest BCUT2D eigenvalue weighted by molar-refractivity contribution is -0.139. The normalized spacial score (nSPS) is 12.0. The van der Waals surface area contributed by atoms with Gasteiger partial charge in [-0.2, -0.15) is 12.6 Å².